The van der Waals surface area contributed by atoms with Gasteiger partial charge in [-0.3, -0.25) is 4.99 Å². The second kappa shape index (κ2) is 3.81. The van der Waals surface area contributed by atoms with E-state index in [2.05, 4.69) is 17.0 Å². The molecule has 0 radical (unpaired) electrons. The monoisotopic (exact) mass is 100 g/mol. The summed E-state index contributed by atoms with van der Waals surface area (Å²) in [6, 6.07) is 0.352. The van der Waals surface area contributed by atoms with Gasteiger partial charge in [0, 0.05) is 6.54 Å². The molecule has 0 aliphatic rings. The molecule has 0 aliphatic carbocycles. The van der Waals surface area contributed by atoms with Crippen LogP contribution in [0.15, 0.2) is 4.99 Å². The molecule has 0 heterocycles. The molecule has 0 aromatic rings. The van der Waals surface area contributed by atoms with Crippen molar-refractivity contribution in [3.63, 3.8) is 0 Å². The Balaban J connectivity index is 2.98. The lowest BCUT2D eigenvalue weighted by Gasteiger charge is -2.00. The van der Waals surface area contributed by atoms with Crippen molar-refractivity contribution in [1.82, 2.24) is 5.32 Å². The minimum absolute atomic E-state index is 0.352. The minimum atomic E-state index is 0.352. The van der Waals surface area contributed by atoms with Crippen LogP contribution in [-0.4, -0.2) is 26.4 Å². The van der Waals surface area contributed by atoms with Crippen LogP contribution in [-0.2, 0) is 0 Å². The van der Waals surface area contributed by atoms with Crippen LogP contribution in [0, 0.1) is 0 Å². The summed E-state index contributed by atoms with van der Waals surface area (Å²) >= 11 is 0. The quantitative estimate of drug-likeness (QED) is 0.507. The van der Waals surface area contributed by atoms with E-state index in [1.54, 1.807) is 0 Å². The van der Waals surface area contributed by atoms with Gasteiger partial charge in [0.1, 0.15) is 0 Å². The molecular formula is C5H12N2. The molecule has 0 amide bonds. The first-order chi connectivity index (χ1) is 3.31. The van der Waals surface area contributed by atoms with Crippen molar-refractivity contribution in [2.45, 2.75) is 13.0 Å². The summed E-state index contributed by atoms with van der Waals surface area (Å²) in [5.41, 5.74) is 0. The van der Waals surface area contributed by atoms with Crippen molar-refractivity contribution < 1.29 is 0 Å². The molecule has 1 atom stereocenters. The number of nitrogens with zero attached hydrogens (tertiary/aromatic N) is 1. The number of rotatable bonds is 3. The topological polar surface area (TPSA) is 24.4 Å². The first-order valence-corrected chi connectivity index (χ1v) is 2.41. The Morgan fingerprint density at radius 1 is 1.86 bits per heavy atom. The van der Waals surface area contributed by atoms with Crippen molar-refractivity contribution in [3.8, 4) is 0 Å². The molecule has 0 spiro atoms. The maximum Gasteiger partial charge on any atom is 0.0588 e. The van der Waals surface area contributed by atoms with Gasteiger partial charge in [-0.2, -0.15) is 0 Å². The first kappa shape index (κ1) is 6.63. The van der Waals surface area contributed by atoms with Crippen LogP contribution < -0.4 is 5.32 Å². The number of aliphatic imine (C=N–C) groups is 1. The molecule has 42 valence electrons. The average molecular weight is 100 g/mol. The van der Waals surface area contributed by atoms with Crippen LogP contribution in [0.4, 0.5) is 0 Å². The molecule has 0 rings (SSSR count). The predicted octanol–water partition coefficient (Wildman–Crippen LogP) is 0.295. The highest BCUT2D eigenvalue weighted by molar-refractivity contribution is 5.23. The van der Waals surface area contributed by atoms with Crippen molar-refractivity contribution in [2.75, 3.05) is 13.6 Å². The fourth-order valence-electron chi connectivity index (χ4n) is 0.360. The van der Waals surface area contributed by atoms with Crippen LogP contribution >= 0.6 is 0 Å². The van der Waals surface area contributed by atoms with E-state index in [-0.39, 0.29) is 0 Å². The third-order valence-corrected chi connectivity index (χ3v) is 0.811. The van der Waals surface area contributed by atoms with Crippen LogP contribution in [0.2, 0.25) is 0 Å². The molecule has 0 aromatic carbocycles. The number of hydrogen-bond donors (Lipinski definition) is 1. The summed E-state index contributed by atoms with van der Waals surface area (Å²) in [5, 5.41) is 2.98. The average Bonchev–Trinajstić information content (AvgIpc) is 1.68. The highest BCUT2D eigenvalue weighted by Crippen LogP contribution is 1.80. The van der Waals surface area contributed by atoms with Gasteiger partial charge in [-0.1, -0.05) is 0 Å². The summed E-state index contributed by atoms with van der Waals surface area (Å²) in [6.45, 7) is 6.33. The standard InChI is InChI=1S/C5H12N2/c1-5(7-3)4-6-2/h5-6H,3-4H2,1-2H3. The lowest BCUT2D eigenvalue weighted by atomic mass is 10.4. The second-order valence-electron chi connectivity index (χ2n) is 1.59. The van der Waals surface area contributed by atoms with E-state index in [0.717, 1.165) is 6.54 Å². The molecule has 7 heavy (non-hydrogen) atoms. The van der Waals surface area contributed by atoms with Gasteiger partial charge >= 0.3 is 0 Å². The van der Waals surface area contributed by atoms with Gasteiger partial charge in [-0.15, -0.1) is 0 Å². The molecule has 0 bridgehead atoms. The SMILES string of the molecule is C=NC(C)CNC. The molecular weight excluding hydrogens is 88.1 g/mol. The molecule has 0 fully saturated rings. The van der Waals surface area contributed by atoms with Crippen LogP contribution in [0.25, 0.3) is 0 Å². The minimum Gasteiger partial charge on any atom is -0.318 e. The van der Waals surface area contributed by atoms with Crippen molar-refractivity contribution in [3.05, 3.63) is 0 Å². The Labute approximate surface area is 44.6 Å². The van der Waals surface area contributed by atoms with E-state index in [0.29, 0.717) is 6.04 Å². The summed E-state index contributed by atoms with van der Waals surface area (Å²) < 4.78 is 0. The highest BCUT2D eigenvalue weighted by atomic mass is 14.9. The van der Waals surface area contributed by atoms with Gasteiger partial charge in [-0.05, 0) is 20.7 Å². The van der Waals surface area contributed by atoms with E-state index in [9.17, 15) is 0 Å². The lowest BCUT2D eigenvalue weighted by molar-refractivity contribution is 0.672. The predicted molar refractivity (Wildman–Crippen MR) is 32.9 cm³/mol. The number of likely N-dealkylation sites (N-methyl/N-ethyl adjacent to an activating group) is 1. The molecule has 0 saturated carbocycles. The van der Waals surface area contributed by atoms with Gasteiger partial charge in [0.2, 0.25) is 0 Å². The van der Waals surface area contributed by atoms with E-state index in [1.807, 2.05) is 14.0 Å². The van der Waals surface area contributed by atoms with Gasteiger partial charge in [0.15, 0.2) is 0 Å². The maximum absolute atomic E-state index is 3.77. The van der Waals surface area contributed by atoms with Crippen molar-refractivity contribution in [1.29, 1.82) is 0 Å². The lowest BCUT2D eigenvalue weighted by Crippen LogP contribution is -2.18. The van der Waals surface area contributed by atoms with Gasteiger partial charge < -0.3 is 5.32 Å². The number of hydrogen-bond acceptors (Lipinski definition) is 2. The summed E-state index contributed by atoms with van der Waals surface area (Å²) in [5.74, 6) is 0. The maximum atomic E-state index is 3.77. The summed E-state index contributed by atoms with van der Waals surface area (Å²) in [4.78, 5) is 3.77. The molecule has 2 nitrogen and oxygen atoms in total. The molecule has 0 saturated heterocycles. The van der Waals surface area contributed by atoms with Crippen molar-refractivity contribution in [2.24, 2.45) is 4.99 Å². The van der Waals surface area contributed by atoms with Crippen LogP contribution in [0.3, 0.4) is 0 Å². The smallest absolute Gasteiger partial charge is 0.0588 e. The molecule has 2 heteroatoms. The third kappa shape index (κ3) is 3.46. The Hall–Kier alpha value is -0.370. The summed E-state index contributed by atoms with van der Waals surface area (Å²) in [7, 11) is 1.90. The first-order valence-electron chi connectivity index (χ1n) is 2.41. The van der Waals surface area contributed by atoms with Crippen molar-refractivity contribution >= 4 is 6.72 Å². The van der Waals surface area contributed by atoms with E-state index in [1.165, 1.54) is 0 Å². The molecule has 0 aromatic heterocycles. The Morgan fingerprint density at radius 2 is 2.43 bits per heavy atom. The number of nitrogens with one attached hydrogen (secondary N) is 1. The zero-order valence-corrected chi connectivity index (χ0v) is 4.94. The van der Waals surface area contributed by atoms with E-state index < -0.39 is 0 Å². The molecule has 1 unspecified atom stereocenters. The molecule has 1 N–H and O–H groups in total. The van der Waals surface area contributed by atoms with Gasteiger partial charge in [-0.25, -0.2) is 0 Å². The Bertz CT molecular complexity index is 52.0. The van der Waals surface area contributed by atoms with Gasteiger partial charge in [0.25, 0.3) is 0 Å². The third-order valence-electron chi connectivity index (χ3n) is 0.811. The second-order valence-corrected chi connectivity index (χ2v) is 1.59. The fraction of sp³-hybridized carbons (Fsp3) is 0.800. The fourth-order valence-corrected chi connectivity index (χ4v) is 0.360. The van der Waals surface area contributed by atoms with Crippen LogP contribution in [0.1, 0.15) is 6.92 Å². The summed E-state index contributed by atoms with van der Waals surface area (Å²) in [6.07, 6.45) is 0. The van der Waals surface area contributed by atoms with Crippen LogP contribution in [0.5, 0.6) is 0 Å². The van der Waals surface area contributed by atoms with E-state index in [4.69, 9.17) is 0 Å². The van der Waals surface area contributed by atoms with E-state index >= 15 is 0 Å². The zero-order chi connectivity index (χ0) is 5.70. The largest absolute Gasteiger partial charge is 0.318 e. The van der Waals surface area contributed by atoms with Gasteiger partial charge in [0.05, 0.1) is 6.04 Å². The molecule has 0 aliphatic heterocycles. The Kier molecular flexibility index (Phi) is 3.61. The highest BCUT2D eigenvalue weighted by Gasteiger charge is 1.89. The Morgan fingerprint density at radius 3 is 2.57 bits per heavy atom. The zero-order valence-electron chi connectivity index (χ0n) is 4.94. The normalized spacial score (nSPS) is 13.4.